The van der Waals surface area contributed by atoms with Crippen molar-refractivity contribution in [3.63, 3.8) is 0 Å². The van der Waals surface area contributed by atoms with Crippen LogP contribution in [-0.2, 0) is 4.74 Å². The Morgan fingerprint density at radius 3 is 2.71 bits per heavy atom. The number of rotatable bonds is 4. The van der Waals surface area contributed by atoms with E-state index < -0.39 is 0 Å². The molecule has 0 aliphatic heterocycles. The van der Waals surface area contributed by atoms with Crippen molar-refractivity contribution in [2.45, 2.75) is 52.2 Å². The van der Waals surface area contributed by atoms with Gasteiger partial charge in [-0.05, 0) is 6.42 Å². The third kappa shape index (κ3) is 3.04. The molecule has 116 valence electrons. The van der Waals surface area contributed by atoms with Crippen molar-refractivity contribution in [3.05, 3.63) is 22.7 Å². The molecule has 0 bridgehead atoms. The zero-order valence-corrected chi connectivity index (χ0v) is 13.9. The number of hydrogen-bond donors (Lipinski definition) is 1. The van der Waals surface area contributed by atoms with Crippen molar-refractivity contribution in [1.82, 2.24) is 15.3 Å². The van der Waals surface area contributed by atoms with Gasteiger partial charge >= 0.3 is 0 Å². The molecule has 5 nitrogen and oxygen atoms in total. The summed E-state index contributed by atoms with van der Waals surface area (Å²) in [7, 11) is 1.70. The minimum atomic E-state index is -0.253. The summed E-state index contributed by atoms with van der Waals surface area (Å²) >= 11 is 6.06. The second-order valence-corrected chi connectivity index (χ2v) is 6.79. The van der Waals surface area contributed by atoms with Crippen LogP contribution in [0.3, 0.4) is 0 Å². The highest BCUT2D eigenvalue weighted by atomic mass is 35.5. The molecule has 2 unspecified atom stereocenters. The predicted octanol–water partition coefficient (Wildman–Crippen LogP) is 2.80. The number of ether oxygens (including phenoxy) is 1. The third-order valence-corrected chi connectivity index (χ3v) is 4.54. The van der Waals surface area contributed by atoms with Crippen molar-refractivity contribution in [3.8, 4) is 0 Å². The van der Waals surface area contributed by atoms with Gasteiger partial charge in [-0.15, -0.1) is 0 Å². The fourth-order valence-electron chi connectivity index (χ4n) is 2.58. The second-order valence-electron chi connectivity index (χ2n) is 6.39. The molecule has 1 aliphatic rings. The Balaban J connectivity index is 2.13. The van der Waals surface area contributed by atoms with E-state index in [0.717, 1.165) is 6.42 Å². The first kappa shape index (κ1) is 16.2. The normalized spacial score (nSPS) is 23.8. The summed E-state index contributed by atoms with van der Waals surface area (Å²) < 4.78 is 5.39. The van der Waals surface area contributed by atoms with Crippen LogP contribution in [0, 0.1) is 5.41 Å². The summed E-state index contributed by atoms with van der Waals surface area (Å²) in [6.07, 6.45) is 2.45. The number of amides is 1. The molecular weight excluding hydrogens is 290 g/mol. The number of nitrogens with zero attached hydrogens (tertiary/aromatic N) is 2. The van der Waals surface area contributed by atoms with E-state index in [0.29, 0.717) is 5.82 Å². The van der Waals surface area contributed by atoms with Crippen LogP contribution >= 0.6 is 11.6 Å². The molecule has 1 N–H and O–H groups in total. The van der Waals surface area contributed by atoms with Gasteiger partial charge in [-0.1, -0.05) is 39.3 Å². The minimum Gasteiger partial charge on any atom is -0.381 e. The van der Waals surface area contributed by atoms with Crippen molar-refractivity contribution in [2.75, 3.05) is 7.11 Å². The number of aromatic nitrogens is 2. The maximum Gasteiger partial charge on any atom is 0.271 e. The quantitative estimate of drug-likeness (QED) is 0.928. The van der Waals surface area contributed by atoms with Crippen LogP contribution in [0.2, 0.25) is 5.02 Å². The SMILES string of the molecule is COC1CC(NC(=O)c2nc(C(C)C)ncc2Cl)C1(C)C. The summed E-state index contributed by atoms with van der Waals surface area (Å²) in [6.45, 7) is 8.11. The molecule has 1 heterocycles. The molecular formula is C15H22ClN3O2. The average Bonchev–Trinajstić information content (AvgIpc) is 2.42. The van der Waals surface area contributed by atoms with Crippen LogP contribution in [-0.4, -0.2) is 35.1 Å². The molecule has 1 saturated carbocycles. The van der Waals surface area contributed by atoms with Crippen molar-refractivity contribution >= 4 is 17.5 Å². The van der Waals surface area contributed by atoms with Gasteiger partial charge in [0.25, 0.3) is 5.91 Å². The first-order chi connectivity index (χ1) is 9.77. The highest BCUT2D eigenvalue weighted by molar-refractivity contribution is 6.33. The largest absolute Gasteiger partial charge is 0.381 e. The topological polar surface area (TPSA) is 64.1 Å². The first-order valence-electron chi connectivity index (χ1n) is 7.13. The van der Waals surface area contributed by atoms with Crippen LogP contribution in [0.1, 0.15) is 56.3 Å². The van der Waals surface area contributed by atoms with Crippen LogP contribution < -0.4 is 5.32 Å². The van der Waals surface area contributed by atoms with Crippen LogP contribution in [0.15, 0.2) is 6.20 Å². The summed E-state index contributed by atoms with van der Waals surface area (Å²) in [5.74, 6) is 0.510. The lowest BCUT2D eigenvalue weighted by Crippen LogP contribution is -2.61. The van der Waals surface area contributed by atoms with Gasteiger partial charge in [0, 0.05) is 24.5 Å². The lowest BCUT2D eigenvalue weighted by Gasteiger charge is -2.51. The molecule has 1 amide bonds. The van der Waals surface area contributed by atoms with E-state index in [1.807, 2.05) is 13.8 Å². The minimum absolute atomic E-state index is 0.0588. The van der Waals surface area contributed by atoms with E-state index in [4.69, 9.17) is 16.3 Å². The van der Waals surface area contributed by atoms with Crippen molar-refractivity contribution in [2.24, 2.45) is 5.41 Å². The zero-order valence-electron chi connectivity index (χ0n) is 13.1. The predicted molar refractivity (Wildman–Crippen MR) is 81.6 cm³/mol. The Morgan fingerprint density at radius 1 is 1.52 bits per heavy atom. The molecule has 1 aromatic heterocycles. The number of nitrogens with one attached hydrogen (secondary N) is 1. The monoisotopic (exact) mass is 311 g/mol. The molecule has 2 rings (SSSR count). The number of hydrogen-bond acceptors (Lipinski definition) is 4. The van der Waals surface area contributed by atoms with Gasteiger partial charge in [0.05, 0.1) is 17.3 Å². The van der Waals surface area contributed by atoms with E-state index in [1.165, 1.54) is 6.20 Å². The number of methoxy groups -OCH3 is 1. The maximum absolute atomic E-state index is 12.4. The Labute approximate surface area is 130 Å². The van der Waals surface area contributed by atoms with Gasteiger partial charge in [-0.3, -0.25) is 4.79 Å². The van der Waals surface area contributed by atoms with Gasteiger partial charge < -0.3 is 10.1 Å². The summed E-state index contributed by atoms with van der Waals surface area (Å²) in [4.78, 5) is 20.8. The third-order valence-electron chi connectivity index (χ3n) is 4.26. The lowest BCUT2D eigenvalue weighted by molar-refractivity contribution is -0.0942. The van der Waals surface area contributed by atoms with E-state index in [-0.39, 0.29) is 40.1 Å². The number of carbonyl (C=O) groups is 1. The molecule has 1 aromatic rings. The first-order valence-corrected chi connectivity index (χ1v) is 7.51. The Hall–Kier alpha value is -1.20. The Bertz CT molecular complexity index is 546. The zero-order chi connectivity index (χ0) is 15.8. The average molecular weight is 312 g/mol. The van der Waals surface area contributed by atoms with Gasteiger partial charge in [-0.2, -0.15) is 0 Å². The van der Waals surface area contributed by atoms with Gasteiger partial charge in [-0.25, -0.2) is 9.97 Å². The second kappa shape index (κ2) is 5.89. The smallest absolute Gasteiger partial charge is 0.271 e. The van der Waals surface area contributed by atoms with Crippen LogP contribution in [0.4, 0.5) is 0 Å². The molecule has 0 saturated heterocycles. The molecule has 1 fully saturated rings. The molecule has 0 aromatic carbocycles. The number of halogens is 1. The molecule has 6 heteroatoms. The van der Waals surface area contributed by atoms with Crippen LogP contribution in [0.25, 0.3) is 0 Å². The Kier molecular flexibility index (Phi) is 4.54. The summed E-state index contributed by atoms with van der Waals surface area (Å²) in [6, 6.07) is 0.0588. The molecule has 2 atom stereocenters. The van der Waals surface area contributed by atoms with Gasteiger partial charge in [0.1, 0.15) is 11.5 Å². The van der Waals surface area contributed by atoms with Gasteiger partial charge in [0.15, 0.2) is 0 Å². The molecule has 1 aliphatic carbocycles. The van der Waals surface area contributed by atoms with E-state index >= 15 is 0 Å². The molecule has 0 spiro atoms. The highest BCUT2D eigenvalue weighted by Crippen LogP contribution is 2.42. The molecule has 0 radical (unpaired) electrons. The summed E-state index contributed by atoms with van der Waals surface area (Å²) in [5.41, 5.74) is 0.150. The highest BCUT2D eigenvalue weighted by Gasteiger charge is 2.49. The fourth-order valence-corrected chi connectivity index (χ4v) is 2.75. The standard InChI is InChI=1S/C15H22ClN3O2/c1-8(2)13-17-7-9(16)12(19-13)14(20)18-10-6-11(21-5)15(10,3)4/h7-8,10-11H,6H2,1-5H3,(H,18,20). The van der Waals surface area contributed by atoms with Crippen LogP contribution in [0.5, 0.6) is 0 Å². The lowest BCUT2D eigenvalue weighted by atomic mass is 9.64. The number of carbonyl (C=O) groups excluding carboxylic acids is 1. The van der Waals surface area contributed by atoms with E-state index in [1.54, 1.807) is 7.11 Å². The summed E-state index contributed by atoms with van der Waals surface area (Å²) in [5, 5.41) is 3.28. The van der Waals surface area contributed by atoms with E-state index in [9.17, 15) is 4.79 Å². The Morgan fingerprint density at radius 2 is 2.19 bits per heavy atom. The fraction of sp³-hybridized carbons (Fsp3) is 0.667. The van der Waals surface area contributed by atoms with E-state index in [2.05, 4.69) is 29.1 Å². The molecule has 21 heavy (non-hydrogen) atoms. The maximum atomic E-state index is 12.4. The van der Waals surface area contributed by atoms with Crippen molar-refractivity contribution in [1.29, 1.82) is 0 Å². The van der Waals surface area contributed by atoms with Gasteiger partial charge in [0.2, 0.25) is 0 Å². The van der Waals surface area contributed by atoms with Crippen molar-refractivity contribution < 1.29 is 9.53 Å².